The van der Waals surface area contributed by atoms with Crippen LogP contribution >= 0.6 is 11.6 Å². The van der Waals surface area contributed by atoms with Crippen molar-refractivity contribution in [1.29, 1.82) is 0 Å². The number of methoxy groups -OCH3 is 1. The zero-order valence-corrected chi connectivity index (χ0v) is 13.6. The number of carbonyl (C=O) groups is 1. The summed E-state index contributed by atoms with van der Waals surface area (Å²) >= 11 is 6.03. The van der Waals surface area contributed by atoms with E-state index in [1.165, 1.54) is 11.1 Å². The van der Waals surface area contributed by atoms with Gasteiger partial charge in [-0.1, -0.05) is 17.7 Å². The summed E-state index contributed by atoms with van der Waals surface area (Å²) in [4.78, 5) is 12.0. The van der Waals surface area contributed by atoms with Gasteiger partial charge in [0.2, 0.25) is 5.91 Å². The maximum absolute atomic E-state index is 12.0. The van der Waals surface area contributed by atoms with Crippen LogP contribution in [-0.4, -0.2) is 19.6 Å². The van der Waals surface area contributed by atoms with Gasteiger partial charge in [-0.05, 0) is 55.3 Å². The van der Waals surface area contributed by atoms with Crippen LogP contribution in [0, 0.1) is 13.8 Å². The standard InChI is InChI=1S/C17H19ClN2O2/c1-11-4-5-13(8-12(11)2)19-10-17(21)20-14-6-7-16(22-3)15(18)9-14/h4-9,19H,10H2,1-3H3,(H,20,21). The van der Waals surface area contributed by atoms with E-state index in [9.17, 15) is 4.79 Å². The molecule has 0 spiro atoms. The first kappa shape index (κ1) is 16.2. The first-order chi connectivity index (χ1) is 10.5. The minimum atomic E-state index is -0.139. The number of aryl methyl sites for hydroxylation is 2. The van der Waals surface area contributed by atoms with Gasteiger partial charge in [-0.25, -0.2) is 0 Å². The molecule has 0 saturated carbocycles. The first-order valence-electron chi connectivity index (χ1n) is 6.94. The van der Waals surface area contributed by atoms with Gasteiger partial charge in [0.1, 0.15) is 5.75 Å². The van der Waals surface area contributed by atoms with E-state index >= 15 is 0 Å². The highest BCUT2D eigenvalue weighted by molar-refractivity contribution is 6.32. The molecule has 0 radical (unpaired) electrons. The fourth-order valence-electron chi connectivity index (χ4n) is 1.98. The third kappa shape index (κ3) is 4.15. The number of amides is 1. The summed E-state index contributed by atoms with van der Waals surface area (Å²) in [6.45, 7) is 4.28. The second kappa shape index (κ2) is 7.18. The number of halogens is 1. The highest BCUT2D eigenvalue weighted by atomic mass is 35.5. The minimum absolute atomic E-state index is 0.139. The van der Waals surface area contributed by atoms with Crippen molar-refractivity contribution in [2.45, 2.75) is 13.8 Å². The van der Waals surface area contributed by atoms with Crippen LogP contribution in [0.15, 0.2) is 36.4 Å². The zero-order valence-electron chi connectivity index (χ0n) is 12.9. The molecule has 0 heterocycles. The second-order valence-electron chi connectivity index (χ2n) is 5.05. The lowest BCUT2D eigenvalue weighted by Gasteiger charge is -2.10. The summed E-state index contributed by atoms with van der Waals surface area (Å²) in [5.41, 5.74) is 3.97. The molecular formula is C17H19ClN2O2. The molecule has 0 aliphatic carbocycles. The molecule has 5 heteroatoms. The van der Waals surface area contributed by atoms with Gasteiger partial charge < -0.3 is 15.4 Å². The quantitative estimate of drug-likeness (QED) is 0.875. The Labute approximate surface area is 135 Å². The number of ether oxygens (including phenoxy) is 1. The van der Waals surface area contributed by atoms with Gasteiger partial charge in [0.05, 0.1) is 18.7 Å². The van der Waals surface area contributed by atoms with E-state index in [1.54, 1.807) is 25.3 Å². The van der Waals surface area contributed by atoms with Gasteiger partial charge in [-0.3, -0.25) is 4.79 Å². The molecule has 22 heavy (non-hydrogen) atoms. The molecule has 0 unspecified atom stereocenters. The van der Waals surface area contributed by atoms with Crippen molar-refractivity contribution in [3.8, 4) is 5.75 Å². The van der Waals surface area contributed by atoms with Gasteiger partial charge in [-0.2, -0.15) is 0 Å². The molecule has 0 atom stereocenters. The van der Waals surface area contributed by atoms with E-state index in [0.29, 0.717) is 16.5 Å². The zero-order chi connectivity index (χ0) is 16.1. The lowest BCUT2D eigenvalue weighted by atomic mass is 10.1. The normalized spacial score (nSPS) is 10.2. The van der Waals surface area contributed by atoms with Gasteiger partial charge in [0.15, 0.2) is 0 Å². The summed E-state index contributed by atoms with van der Waals surface area (Å²) in [6, 6.07) is 11.1. The number of hydrogen-bond acceptors (Lipinski definition) is 3. The first-order valence-corrected chi connectivity index (χ1v) is 7.32. The Hall–Kier alpha value is -2.20. The van der Waals surface area contributed by atoms with Gasteiger partial charge in [-0.15, -0.1) is 0 Å². The molecule has 0 saturated heterocycles. The van der Waals surface area contributed by atoms with Gasteiger partial charge in [0, 0.05) is 11.4 Å². The molecule has 4 nitrogen and oxygen atoms in total. The van der Waals surface area contributed by atoms with Gasteiger partial charge >= 0.3 is 0 Å². The molecule has 2 N–H and O–H groups in total. The van der Waals surface area contributed by atoms with E-state index in [1.807, 2.05) is 25.1 Å². The van der Waals surface area contributed by atoms with Crippen LogP contribution in [0.1, 0.15) is 11.1 Å². The molecular weight excluding hydrogens is 300 g/mol. The Morgan fingerprint density at radius 3 is 2.45 bits per heavy atom. The highest BCUT2D eigenvalue weighted by Crippen LogP contribution is 2.27. The van der Waals surface area contributed by atoms with Crippen molar-refractivity contribution in [2.75, 3.05) is 24.3 Å². The molecule has 1 amide bonds. The minimum Gasteiger partial charge on any atom is -0.495 e. The van der Waals surface area contributed by atoms with Crippen molar-refractivity contribution in [1.82, 2.24) is 0 Å². The highest BCUT2D eigenvalue weighted by Gasteiger charge is 2.06. The lowest BCUT2D eigenvalue weighted by Crippen LogP contribution is -2.21. The Morgan fingerprint density at radius 2 is 1.82 bits per heavy atom. The number of rotatable bonds is 5. The summed E-state index contributed by atoms with van der Waals surface area (Å²) in [6.07, 6.45) is 0. The average molecular weight is 319 g/mol. The van der Waals surface area contributed by atoms with Crippen LogP contribution in [0.2, 0.25) is 5.02 Å². The second-order valence-corrected chi connectivity index (χ2v) is 5.46. The van der Waals surface area contributed by atoms with Crippen LogP contribution in [0.25, 0.3) is 0 Å². The molecule has 2 aromatic rings. The van der Waals surface area contributed by atoms with Crippen LogP contribution in [0.4, 0.5) is 11.4 Å². The fourth-order valence-corrected chi connectivity index (χ4v) is 2.24. The van der Waals surface area contributed by atoms with Crippen molar-refractivity contribution in [3.63, 3.8) is 0 Å². The Bertz CT molecular complexity index is 686. The van der Waals surface area contributed by atoms with Crippen LogP contribution < -0.4 is 15.4 Å². The Kier molecular flexibility index (Phi) is 5.28. The van der Waals surface area contributed by atoms with Crippen LogP contribution in [-0.2, 0) is 4.79 Å². The average Bonchev–Trinajstić information content (AvgIpc) is 2.49. The number of benzene rings is 2. The van der Waals surface area contributed by atoms with E-state index < -0.39 is 0 Å². The molecule has 0 bridgehead atoms. The van der Waals surface area contributed by atoms with E-state index in [2.05, 4.69) is 17.6 Å². The summed E-state index contributed by atoms with van der Waals surface area (Å²) in [5.74, 6) is 0.437. The Balaban J connectivity index is 1.92. The number of nitrogens with one attached hydrogen (secondary N) is 2. The number of carbonyl (C=O) groups excluding carboxylic acids is 1. The van der Waals surface area contributed by atoms with Crippen LogP contribution in [0.3, 0.4) is 0 Å². The van der Waals surface area contributed by atoms with E-state index in [4.69, 9.17) is 16.3 Å². The fraction of sp³-hybridized carbons (Fsp3) is 0.235. The van der Waals surface area contributed by atoms with E-state index in [0.717, 1.165) is 5.69 Å². The number of anilines is 2. The molecule has 0 aromatic heterocycles. The molecule has 2 rings (SSSR count). The largest absolute Gasteiger partial charge is 0.495 e. The molecule has 0 aliphatic heterocycles. The monoisotopic (exact) mass is 318 g/mol. The molecule has 116 valence electrons. The topological polar surface area (TPSA) is 50.4 Å². The third-order valence-corrected chi connectivity index (χ3v) is 3.69. The molecule has 0 fully saturated rings. The van der Waals surface area contributed by atoms with E-state index in [-0.39, 0.29) is 12.5 Å². The molecule has 0 aliphatic rings. The Morgan fingerprint density at radius 1 is 1.09 bits per heavy atom. The maximum atomic E-state index is 12.0. The predicted octanol–water partition coefficient (Wildman–Crippen LogP) is 4.02. The maximum Gasteiger partial charge on any atom is 0.243 e. The van der Waals surface area contributed by atoms with Crippen molar-refractivity contribution in [3.05, 3.63) is 52.5 Å². The lowest BCUT2D eigenvalue weighted by molar-refractivity contribution is -0.114. The van der Waals surface area contributed by atoms with Gasteiger partial charge in [0.25, 0.3) is 0 Å². The van der Waals surface area contributed by atoms with Crippen molar-refractivity contribution >= 4 is 28.9 Å². The summed E-state index contributed by atoms with van der Waals surface area (Å²) < 4.78 is 5.07. The smallest absolute Gasteiger partial charge is 0.243 e. The predicted molar refractivity (Wildman–Crippen MR) is 91.0 cm³/mol. The van der Waals surface area contributed by atoms with Crippen molar-refractivity contribution < 1.29 is 9.53 Å². The number of hydrogen-bond donors (Lipinski definition) is 2. The van der Waals surface area contributed by atoms with Crippen molar-refractivity contribution in [2.24, 2.45) is 0 Å². The third-order valence-electron chi connectivity index (χ3n) is 3.40. The SMILES string of the molecule is COc1ccc(NC(=O)CNc2ccc(C)c(C)c2)cc1Cl. The summed E-state index contributed by atoms with van der Waals surface area (Å²) in [7, 11) is 1.55. The molecule has 2 aromatic carbocycles. The summed E-state index contributed by atoms with van der Waals surface area (Å²) in [5, 5.41) is 6.35. The van der Waals surface area contributed by atoms with Crippen LogP contribution in [0.5, 0.6) is 5.75 Å².